The molecule has 0 aromatic heterocycles. The van der Waals surface area contributed by atoms with Gasteiger partial charge in [0.1, 0.15) is 18.3 Å². The average molecular weight is 621 g/mol. The number of rotatable bonds is 12. The zero-order valence-corrected chi connectivity index (χ0v) is 26.1. The molecule has 8 nitrogen and oxygen atoms in total. The van der Waals surface area contributed by atoms with Crippen molar-refractivity contribution in [2.75, 3.05) is 24.5 Å². The van der Waals surface area contributed by atoms with Crippen LogP contribution in [0.2, 0.25) is 10.0 Å². The Morgan fingerprint density at radius 3 is 2.05 bits per heavy atom. The van der Waals surface area contributed by atoms with Crippen LogP contribution >= 0.6 is 23.2 Å². The summed E-state index contributed by atoms with van der Waals surface area (Å²) in [5, 5.41) is 3.28. The van der Waals surface area contributed by atoms with E-state index in [0.717, 1.165) is 15.4 Å². The van der Waals surface area contributed by atoms with E-state index in [1.165, 1.54) is 35.2 Å². The molecule has 0 saturated heterocycles. The van der Waals surface area contributed by atoms with Gasteiger partial charge in [-0.25, -0.2) is 8.42 Å². The van der Waals surface area contributed by atoms with E-state index in [2.05, 4.69) is 5.32 Å². The Morgan fingerprint density at radius 2 is 1.51 bits per heavy atom. The predicted octanol–water partition coefficient (Wildman–Crippen LogP) is 5.70. The van der Waals surface area contributed by atoms with Crippen molar-refractivity contribution in [2.24, 2.45) is 5.92 Å². The quantitative estimate of drug-likeness (QED) is 0.281. The van der Waals surface area contributed by atoms with E-state index >= 15 is 0 Å². The molecule has 0 spiro atoms. The molecule has 0 aliphatic carbocycles. The Bertz CT molecular complexity index is 1440. The lowest BCUT2D eigenvalue weighted by atomic mass is 10.1. The minimum atomic E-state index is -4.23. The van der Waals surface area contributed by atoms with Crippen molar-refractivity contribution in [1.82, 2.24) is 10.2 Å². The summed E-state index contributed by atoms with van der Waals surface area (Å²) >= 11 is 12.5. The fourth-order valence-corrected chi connectivity index (χ4v) is 5.92. The molecule has 0 aliphatic rings. The smallest absolute Gasteiger partial charge is 0.264 e. The Hall–Kier alpha value is -3.27. The van der Waals surface area contributed by atoms with E-state index < -0.39 is 28.5 Å². The normalized spacial score (nSPS) is 12.1. The Morgan fingerprint density at radius 1 is 0.927 bits per heavy atom. The number of nitrogens with zero attached hydrogens (tertiary/aromatic N) is 2. The number of carbonyl (C=O) groups is 2. The van der Waals surface area contributed by atoms with Crippen LogP contribution in [0.3, 0.4) is 0 Å². The van der Waals surface area contributed by atoms with E-state index in [4.69, 9.17) is 27.9 Å². The van der Waals surface area contributed by atoms with Gasteiger partial charge in [0.2, 0.25) is 11.8 Å². The van der Waals surface area contributed by atoms with Crippen molar-refractivity contribution >= 4 is 50.7 Å². The molecule has 2 amide bonds. The lowest BCUT2D eigenvalue weighted by Gasteiger charge is -2.32. The van der Waals surface area contributed by atoms with Gasteiger partial charge in [-0.15, -0.1) is 0 Å². The molecule has 0 saturated carbocycles. The third kappa shape index (κ3) is 8.61. The number of sulfonamides is 1. The molecule has 3 aromatic carbocycles. The van der Waals surface area contributed by atoms with Gasteiger partial charge in [-0.05, 0) is 67.8 Å². The van der Waals surface area contributed by atoms with Gasteiger partial charge in [-0.1, -0.05) is 66.9 Å². The van der Waals surface area contributed by atoms with Crippen LogP contribution in [0.25, 0.3) is 0 Å². The lowest BCUT2D eigenvalue weighted by molar-refractivity contribution is -0.139. The Balaban J connectivity index is 2.04. The van der Waals surface area contributed by atoms with Gasteiger partial charge in [0.05, 0.1) is 17.7 Å². The predicted molar refractivity (Wildman–Crippen MR) is 163 cm³/mol. The van der Waals surface area contributed by atoms with Gasteiger partial charge >= 0.3 is 0 Å². The second-order valence-corrected chi connectivity index (χ2v) is 12.9. The summed E-state index contributed by atoms with van der Waals surface area (Å²) in [6.07, 6.45) is 0. The molecule has 3 aromatic rings. The number of carbonyl (C=O) groups excluding carboxylic acids is 2. The van der Waals surface area contributed by atoms with Crippen molar-refractivity contribution in [2.45, 2.75) is 45.2 Å². The van der Waals surface area contributed by atoms with Crippen LogP contribution in [0.5, 0.6) is 5.75 Å². The van der Waals surface area contributed by atoms with Crippen molar-refractivity contribution in [3.05, 3.63) is 87.9 Å². The average Bonchev–Trinajstić information content (AvgIpc) is 2.92. The van der Waals surface area contributed by atoms with Gasteiger partial charge in [0.25, 0.3) is 10.0 Å². The number of methoxy groups -OCH3 is 1. The van der Waals surface area contributed by atoms with Crippen LogP contribution in [0.1, 0.15) is 31.9 Å². The number of halogens is 2. The van der Waals surface area contributed by atoms with Crippen LogP contribution in [0.15, 0.2) is 71.6 Å². The SMILES string of the molecule is COc1ccc(CN(C(=O)CN(c2cc(Cl)cc(Cl)c2)S(=O)(=O)c2ccc(C)cc2)[C@@H](C)C(=O)NCC(C)C)cc1. The molecule has 11 heteroatoms. The van der Waals surface area contributed by atoms with Gasteiger partial charge in [0, 0.05) is 23.1 Å². The summed E-state index contributed by atoms with van der Waals surface area (Å²) in [6.45, 7) is 7.30. The molecule has 3 rings (SSSR count). The number of aryl methyl sites for hydroxylation is 1. The van der Waals surface area contributed by atoms with Crippen molar-refractivity contribution in [3.8, 4) is 5.75 Å². The maximum absolute atomic E-state index is 14.0. The van der Waals surface area contributed by atoms with E-state index in [9.17, 15) is 18.0 Å². The highest BCUT2D eigenvalue weighted by Crippen LogP contribution is 2.30. The van der Waals surface area contributed by atoms with E-state index in [1.54, 1.807) is 50.4 Å². The molecule has 0 bridgehead atoms. The van der Waals surface area contributed by atoms with Crippen LogP contribution in [-0.4, -0.2) is 51.4 Å². The molecule has 0 fully saturated rings. The molecular weight excluding hydrogens is 585 g/mol. The molecule has 220 valence electrons. The summed E-state index contributed by atoms with van der Waals surface area (Å²) in [6, 6.07) is 16.8. The second kappa shape index (κ2) is 14.1. The summed E-state index contributed by atoms with van der Waals surface area (Å²) in [4.78, 5) is 28.4. The summed E-state index contributed by atoms with van der Waals surface area (Å²) in [5.41, 5.74) is 1.74. The first-order chi connectivity index (χ1) is 19.3. The molecule has 0 unspecified atom stereocenters. The summed E-state index contributed by atoms with van der Waals surface area (Å²) < 4.78 is 34.0. The topological polar surface area (TPSA) is 96.0 Å². The third-order valence-electron chi connectivity index (χ3n) is 6.39. The minimum Gasteiger partial charge on any atom is -0.497 e. The fraction of sp³-hybridized carbons (Fsp3) is 0.333. The first-order valence-corrected chi connectivity index (χ1v) is 15.3. The summed E-state index contributed by atoms with van der Waals surface area (Å²) in [7, 11) is -2.68. The minimum absolute atomic E-state index is 0.00331. The first kappa shape index (κ1) is 32.2. The third-order valence-corrected chi connectivity index (χ3v) is 8.61. The largest absolute Gasteiger partial charge is 0.497 e. The molecule has 1 atom stereocenters. The van der Waals surface area contributed by atoms with Crippen molar-refractivity contribution < 1.29 is 22.7 Å². The standard InChI is InChI=1S/C30H35Cl2N3O5S/c1-20(2)17-33-30(37)22(4)34(18-23-8-10-27(40-5)11-9-23)29(36)19-35(26-15-24(31)14-25(32)16-26)41(38,39)28-12-6-21(3)7-13-28/h6-16,20,22H,17-19H2,1-5H3,(H,33,37)/t22-/m0/s1. The zero-order chi connectivity index (χ0) is 30.3. The lowest BCUT2D eigenvalue weighted by Crippen LogP contribution is -2.51. The van der Waals surface area contributed by atoms with E-state index in [-0.39, 0.29) is 39.0 Å². The number of benzene rings is 3. The van der Waals surface area contributed by atoms with Crippen LogP contribution in [-0.2, 0) is 26.2 Å². The Kier molecular flexibility index (Phi) is 11.1. The molecule has 0 aliphatic heterocycles. The number of amides is 2. The number of ether oxygens (including phenoxy) is 1. The van der Waals surface area contributed by atoms with E-state index in [1.807, 2.05) is 20.8 Å². The van der Waals surface area contributed by atoms with Crippen LogP contribution in [0, 0.1) is 12.8 Å². The molecule has 41 heavy (non-hydrogen) atoms. The number of nitrogens with one attached hydrogen (secondary N) is 1. The number of hydrogen-bond donors (Lipinski definition) is 1. The highest BCUT2D eigenvalue weighted by Gasteiger charge is 2.33. The van der Waals surface area contributed by atoms with Gasteiger partial charge in [0.15, 0.2) is 0 Å². The second-order valence-electron chi connectivity index (χ2n) is 10.1. The zero-order valence-electron chi connectivity index (χ0n) is 23.7. The van der Waals surface area contributed by atoms with Gasteiger partial charge < -0.3 is 15.0 Å². The van der Waals surface area contributed by atoms with Crippen molar-refractivity contribution in [1.29, 1.82) is 0 Å². The highest BCUT2D eigenvalue weighted by atomic mass is 35.5. The molecule has 1 N–H and O–H groups in total. The van der Waals surface area contributed by atoms with E-state index in [0.29, 0.717) is 12.3 Å². The molecule has 0 radical (unpaired) electrons. The first-order valence-electron chi connectivity index (χ1n) is 13.1. The monoisotopic (exact) mass is 619 g/mol. The summed E-state index contributed by atoms with van der Waals surface area (Å²) in [5.74, 6) is -0.0822. The number of anilines is 1. The van der Waals surface area contributed by atoms with Gasteiger partial charge in [-0.2, -0.15) is 0 Å². The molecule has 0 heterocycles. The highest BCUT2D eigenvalue weighted by molar-refractivity contribution is 7.92. The fourth-order valence-electron chi connectivity index (χ4n) is 4.01. The maximum Gasteiger partial charge on any atom is 0.264 e. The van der Waals surface area contributed by atoms with Crippen molar-refractivity contribution in [3.63, 3.8) is 0 Å². The number of hydrogen-bond acceptors (Lipinski definition) is 5. The molecular formula is C30H35Cl2N3O5S. The van der Waals surface area contributed by atoms with Crippen LogP contribution < -0.4 is 14.4 Å². The van der Waals surface area contributed by atoms with Crippen LogP contribution in [0.4, 0.5) is 5.69 Å². The van der Waals surface area contributed by atoms with Gasteiger partial charge in [-0.3, -0.25) is 13.9 Å². The maximum atomic E-state index is 14.0. The Labute approximate surface area is 252 Å².